The van der Waals surface area contributed by atoms with E-state index >= 15 is 0 Å². The topological polar surface area (TPSA) is 37.8 Å². The van der Waals surface area contributed by atoms with Crippen molar-refractivity contribution in [3.05, 3.63) is 53.1 Å². The van der Waals surface area contributed by atoms with Crippen LogP contribution in [0.15, 0.2) is 47.4 Å². The molecule has 0 radical (unpaired) electrons. The number of benzene rings is 1. The molecule has 0 aliphatic rings. The van der Waals surface area contributed by atoms with Crippen LogP contribution in [0.4, 0.5) is 5.69 Å². The van der Waals surface area contributed by atoms with E-state index in [4.69, 9.17) is 0 Å². The first-order valence-electron chi connectivity index (χ1n) is 5.38. The summed E-state index contributed by atoms with van der Waals surface area (Å²) < 4.78 is 0. The monoisotopic (exact) mass is 241 g/mol. The average Bonchev–Trinajstić information content (AvgIpc) is 2.89. The standard InChI is InChI=1S/C13H11N3S/c1-3-10-4-2-6-14-13(10)12(5-1)15-7-11-8-17-9-16-11/h1-6,8-9,15H,7H2. The van der Waals surface area contributed by atoms with Gasteiger partial charge in [0.1, 0.15) is 0 Å². The van der Waals surface area contributed by atoms with E-state index in [1.807, 2.05) is 35.3 Å². The van der Waals surface area contributed by atoms with Crippen molar-refractivity contribution >= 4 is 27.9 Å². The fourth-order valence-electron chi connectivity index (χ4n) is 1.76. The third-order valence-electron chi connectivity index (χ3n) is 2.58. The minimum absolute atomic E-state index is 0.735. The Hall–Kier alpha value is -1.94. The highest BCUT2D eigenvalue weighted by Crippen LogP contribution is 2.21. The molecular weight excluding hydrogens is 230 g/mol. The van der Waals surface area contributed by atoms with E-state index in [1.165, 1.54) is 0 Å². The van der Waals surface area contributed by atoms with Crippen LogP contribution >= 0.6 is 11.3 Å². The lowest BCUT2D eigenvalue weighted by atomic mass is 10.2. The molecule has 0 bridgehead atoms. The molecule has 0 unspecified atom stereocenters. The Morgan fingerprint density at radius 1 is 1.12 bits per heavy atom. The number of fused-ring (bicyclic) bond motifs is 1. The fraction of sp³-hybridized carbons (Fsp3) is 0.0769. The minimum atomic E-state index is 0.735. The van der Waals surface area contributed by atoms with Gasteiger partial charge in [-0.25, -0.2) is 4.98 Å². The molecule has 0 aliphatic carbocycles. The maximum absolute atomic E-state index is 4.40. The van der Waals surface area contributed by atoms with Crippen LogP contribution in [0.3, 0.4) is 0 Å². The first kappa shape index (κ1) is 10.2. The number of hydrogen-bond donors (Lipinski definition) is 1. The Morgan fingerprint density at radius 3 is 2.94 bits per heavy atom. The number of nitrogens with one attached hydrogen (secondary N) is 1. The molecule has 0 saturated heterocycles. The van der Waals surface area contributed by atoms with Crippen molar-refractivity contribution in [1.29, 1.82) is 0 Å². The van der Waals surface area contributed by atoms with E-state index in [0.717, 1.165) is 28.8 Å². The second-order valence-corrected chi connectivity index (χ2v) is 4.43. The number of aromatic nitrogens is 2. The molecular formula is C13H11N3S. The Labute approximate surface area is 103 Å². The normalized spacial score (nSPS) is 10.6. The maximum Gasteiger partial charge on any atom is 0.0933 e. The summed E-state index contributed by atoms with van der Waals surface area (Å²) in [4.78, 5) is 8.65. The van der Waals surface area contributed by atoms with Gasteiger partial charge < -0.3 is 5.32 Å². The molecule has 17 heavy (non-hydrogen) atoms. The number of pyridine rings is 1. The quantitative estimate of drug-likeness (QED) is 0.764. The van der Waals surface area contributed by atoms with Crippen molar-refractivity contribution in [2.24, 2.45) is 0 Å². The maximum atomic E-state index is 4.40. The predicted molar refractivity (Wildman–Crippen MR) is 71.2 cm³/mol. The zero-order chi connectivity index (χ0) is 11.5. The summed E-state index contributed by atoms with van der Waals surface area (Å²) in [7, 11) is 0. The molecule has 0 aliphatic heterocycles. The number of anilines is 1. The van der Waals surface area contributed by atoms with Crippen molar-refractivity contribution in [1.82, 2.24) is 9.97 Å². The summed E-state index contributed by atoms with van der Waals surface area (Å²) in [5, 5.41) is 6.57. The summed E-state index contributed by atoms with van der Waals surface area (Å²) in [6, 6.07) is 10.2. The van der Waals surface area contributed by atoms with E-state index < -0.39 is 0 Å². The zero-order valence-electron chi connectivity index (χ0n) is 9.13. The molecule has 0 saturated carbocycles. The van der Waals surface area contributed by atoms with Crippen molar-refractivity contribution in [3.63, 3.8) is 0 Å². The van der Waals surface area contributed by atoms with Gasteiger partial charge in [-0.15, -0.1) is 11.3 Å². The predicted octanol–water partition coefficient (Wildman–Crippen LogP) is 3.30. The molecule has 84 valence electrons. The van der Waals surface area contributed by atoms with Crippen molar-refractivity contribution in [2.45, 2.75) is 6.54 Å². The molecule has 0 atom stereocenters. The Balaban J connectivity index is 1.90. The fourth-order valence-corrected chi connectivity index (χ4v) is 2.32. The van der Waals surface area contributed by atoms with E-state index in [2.05, 4.69) is 27.4 Å². The second kappa shape index (κ2) is 4.51. The third-order valence-corrected chi connectivity index (χ3v) is 3.21. The molecule has 0 fully saturated rings. The largest absolute Gasteiger partial charge is 0.378 e. The second-order valence-electron chi connectivity index (χ2n) is 3.71. The summed E-state index contributed by atoms with van der Waals surface area (Å²) in [6.07, 6.45) is 1.82. The van der Waals surface area contributed by atoms with Gasteiger partial charge in [-0.2, -0.15) is 0 Å². The number of para-hydroxylation sites is 1. The molecule has 0 amide bonds. The van der Waals surface area contributed by atoms with Crippen LogP contribution in [0, 0.1) is 0 Å². The summed E-state index contributed by atoms with van der Waals surface area (Å²) in [5.74, 6) is 0. The van der Waals surface area contributed by atoms with E-state index in [-0.39, 0.29) is 0 Å². The molecule has 1 N–H and O–H groups in total. The van der Waals surface area contributed by atoms with Crippen LogP contribution < -0.4 is 5.32 Å². The van der Waals surface area contributed by atoms with E-state index in [9.17, 15) is 0 Å². The van der Waals surface area contributed by atoms with Crippen molar-refractivity contribution in [3.8, 4) is 0 Å². The van der Waals surface area contributed by atoms with Gasteiger partial charge in [0.2, 0.25) is 0 Å². The summed E-state index contributed by atoms with van der Waals surface area (Å²) in [6.45, 7) is 0.735. The highest BCUT2D eigenvalue weighted by atomic mass is 32.1. The lowest BCUT2D eigenvalue weighted by Crippen LogP contribution is -2.00. The van der Waals surface area contributed by atoms with Gasteiger partial charge in [-0.3, -0.25) is 4.98 Å². The first-order chi connectivity index (χ1) is 8.43. The molecule has 4 heteroatoms. The summed E-state index contributed by atoms with van der Waals surface area (Å²) in [5.41, 5.74) is 4.96. The van der Waals surface area contributed by atoms with Gasteiger partial charge in [0.15, 0.2) is 0 Å². The molecule has 0 spiro atoms. The molecule has 3 rings (SSSR count). The van der Waals surface area contributed by atoms with Crippen LogP contribution in [0.2, 0.25) is 0 Å². The Bertz CT molecular complexity index is 614. The molecule has 3 aromatic rings. The zero-order valence-corrected chi connectivity index (χ0v) is 9.95. The first-order valence-corrected chi connectivity index (χ1v) is 6.32. The number of rotatable bonds is 3. The van der Waals surface area contributed by atoms with Crippen molar-refractivity contribution < 1.29 is 0 Å². The number of hydrogen-bond acceptors (Lipinski definition) is 4. The van der Waals surface area contributed by atoms with Gasteiger partial charge in [-0.05, 0) is 12.1 Å². The van der Waals surface area contributed by atoms with Crippen LogP contribution in [0.5, 0.6) is 0 Å². The molecule has 2 heterocycles. The highest BCUT2D eigenvalue weighted by Gasteiger charge is 2.01. The average molecular weight is 241 g/mol. The summed E-state index contributed by atoms with van der Waals surface area (Å²) >= 11 is 1.61. The third kappa shape index (κ3) is 2.12. The van der Waals surface area contributed by atoms with Gasteiger partial charge in [-0.1, -0.05) is 18.2 Å². The van der Waals surface area contributed by atoms with Gasteiger partial charge in [0.25, 0.3) is 0 Å². The Morgan fingerprint density at radius 2 is 2.06 bits per heavy atom. The SMILES string of the molecule is c1cnc2c(NCc3cscn3)cccc2c1. The Kier molecular flexibility index (Phi) is 2.71. The van der Waals surface area contributed by atoms with Gasteiger partial charge in [0, 0.05) is 17.0 Å². The molecule has 3 nitrogen and oxygen atoms in total. The smallest absolute Gasteiger partial charge is 0.0933 e. The van der Waals surface area contributed by atoms with E-state index in [1.54, 1.807) is 11.3 Å². The van der Waals surface area contributed by atoms with Crippen LogP contribution in [0.1, 0.15) is 5.69 Å². The van der Waals surface area contributed by atoms with Crippen LogP contribution in [-0.2, 0) is 6.54 Å². The lowest BCUT2D eigenvalue weighted by Gasteiger charge is -2.07. The molecule has 1 aromatic carbocycles. The minimum Gasteiger partial charge on any atom is -0.378 e. The van der Waals surface area contributed by atoms with E-state index in [0.29, 0.717) is 0 Å². The molecule has 2 aromatic heterocycles. The van der Waals surface area contributed by atoms with Crippen LogP contribution in [0.25, 0.3) is 10.9 Å². The lowest BCUT2D eigenvalue weighted by molar-refractivity contribution is 1.08. The number of thiazole rings is 1. The highest BCUT2D eigenvalue weighted by molar-refractivity contribution is 7.07. The van der Waals surface area contributed by atoms with Crippen molar-refractivity contribution in [2.75, 3.05) is 5.32 Å². The number of nitrogens with zero attached hydrogens (tertiary/aromatic N) is 2. The van der Waals surface area contributed by atoms with Gasteiger partial charge >= 0.3 is 0 Å². The van der Waals surface area contributed by atoms with Crippen LogP contribution in [-0.4, -0.2) is 9.97 Å². The van der Waals surface area contributed by atoms with Gasteiger partial charge in [0.05, 0.1) is 29.0 Å².